The van der Waals surface area contributed by atoms with Gasteiger partial charge in [-0.05, 0) is 50.4 Å². The number of piperidine rings is 1. The molecule has 1 heterocycles. The number of nitrogens with one attached hydrogen (secondary N) is 1. The van der Waals surface area contributed by atoms with Crippen LogP contribution in [0.3, 0.4) is 0 Å². The number of amides is 1. The summed E-state index contributed by atoms with van der Waals surface area (Å²) >= 11 is 0. The third kappa shape index (κ3) is 4.83. The zero-order chi connectivity index (χ0) is 15.1. The van der Waals surface area contributed by atoms with Crippen molar-refractivity contribution in [3.63, 3.8) is 0 Å². The third-order valence-corrected chi connectivity index (χ3v) is 4.06. The monoisotopic (exact) mass is 290 g/mol. The maximum atomic E-state index is 12.2. The summed E-state index contributed by atoms with van der Waals surface area (Å²) in [5.41, 5.74) is 1.88. The summed E-state index contributed by atoms with van der Waals surface area (Å²) in [6, 6.07) is 7.76. The van der Waals surface area contributed by atoms with Crippen molar-refractivity contribution in [3.05, 3.63) is 35.4 Å². The van der Waals surface area contributed by atoms with Crippen LogP contribution in [0.5, 0.6) is 0 Å². The number of nitrogens with zero attached hydrogens (tertiary/aromatic N) is 1. The van der Waals surface area contributed by atoms with E-state index in [-0.39, 0.29) is 12.0 Å². The zero-order valence-corrected chi connectivity index (χ0v) is 12.8. The average Bonchev–Trinajstić information content (AvgIpc) is 2.51. The van der Waals surface area contributed by atoms with Gasteiger partial charge in [-0.25, -0.2) is 0 Å². The zero-order valence-electron chi connectivity index (χ0n) is 12.8. The number of rotatable bonds is 6. The molecule has 0 bridgehead atoms. The van der Waals surface area contributed by atoms with E-state index in [1.54, 1.807) is 0 Å². The van der Waals surface area contributed by atoms with Crippen LogP contribution in [0.4, 0.5) is 0 Å². The number of carbonyl (C=O) groups excluding carboxylic acids is 1. The molecular weight excluding hydrogens is 264 g/mol. The predicted octanol–water partition coefficient (Wildman–Crippen LogP) is 1.83. The molecule has 1 aromatic carbocycles. The number of hydrogen-bond donors (Lipinski definition) is 2. The van der Waals surface area contributed by atoms with E-state index in [0.717, 1.165) is 56.4 Å². The van der Waals surface area contributed by atoms with Crippen molar-refractivity contribution in [2.45, 2.75) is 38.7 Å². The van der Waals surface area contributed by atoms with Crippen LogP contribution >= 0.6 is 0 Å². The summed E-state index contributed by atoms with van der Waals surface area (Å²) in [5.74, 6) is 0.0196. The molecule has 1 aromatic rings. The van der Waals surface area contributed by atoms with Crippen LogP contribution in [-0.4, -0.2) is 48.2 Å². The summed E-state index contributed by atoms with van der Waals surface area (Å²) in [6.07, 6.45) is 3.60. The van der Waals surface area contributed by atoms with Gasteiger partial charge in [0.15, 0.2) is 0 Å². The van der Waals surface area contributed by atoms with Gasteiger partial charge in [-0.1, -0.05) is 25.1 Å². The Morgan fingerprint density at radius 2 is 2.24 bits per heavy atom. The molecule has 0 saturated carbocycles. The first kappa shape index (κ1) is 16.0. The largest absolute Gasteiger partial charge is 0.392 e. The molecule has 1 fully saturated rings. The molecule has 1 amide bonds. The summed E-state index contributed by atoms with van der Waals surface area (Å²) in [5, 5.41) is 12.6. The van der Waals surface area contributed by atoms with E-state index in [1.807, 2.05) is 24.3 Å². The van der Waals surface area contributed by atoms with Gasteiger partial charge in [-0.2, -0.15) is 0 Å². The van der Waals surface area contributed by atoms with Crippen LogP contribution in [0.2, 0.25) is 0 Å². The minimum atomic E-state index is -0.176. The number of likely N-dealkylation sites (tertiary alicyclic amines) is 1. The fourth-order valence-electron chi connectivity index (χ4n) is 2.88. The second kappa shape index (κ2) is 8.15. The molecule has 0 aromatic heterocycles. The first-order chi connectivity index (χ1) is 10.2. The maximum Gasteiger partial charge on any atom is 0.251 e. The van der Waals surface area contributed by atoms with Crippen LogP contribution in [0.1, 0.15) is 42.1 Å². The molecule has 1 atom stereocenters. The number of benzene rings is 1. The molecule has 0 unspecified atom stereocenters. The summed E-state index contributed by atoms with van der Waals surface area (Å²) in [7, 11) is 0. The van der Waals surface area contributed by atoms with Gasteiger partial charge in [0.05, 0.1) is 6.10 Å². The lowest BCUT2D eigenvalue weighted by molar-refractivity contribution is 0.0697. The Balaban J connectivity index is 1.72. The van der Waals surface area contributed by atoms with Crippen molar-refractivity contribution in [3.8, 4) is 0 Å². The van der Waals surface area contributed by atoms with Gasteiger partial charge in [0.25, 0.3) is 5.91 Å². The number of hydrogen-bond acceptors (Lipinski definition) is 3. The molecule has 0 spiro atoms. The van der Waals surface area contributed by atoms with Gasteiger partial charge in [-0.3, -0.25) is 4.79 Å². The van der Waals surface area contributed by atoms with Gasteiger partial charge in [-0.15, -0.1) is 0 Å². The standard InChI is InChI=1S/C17H26N2O2/c1-2-14-7-3-4-9-16(14)17(21)18-10-6-12-19-11-5-8-15(20)13-19/h3-4,7,9,15,20H,2,5-6,8,10-13H2,1H3,(H,18,21)/t15-/m0/s1. The first-order valence-corrected chi connectivity index (χ1v) is 7.97. The highest BCUT2D eigenvalue weighted by atomic mass is 16.3. The van der Waals surface area contributed by atoms with Crippen molar-refractivity contribution in [1.82, 2.24) is 10.2 Å². The highest BCUT2D eigenvalue weighted by Crippen LogP contribution is 2.10. The van der Waals surface area contributed by atoms with Gasteiger partial charge >= 0.3 is 0 Å². The van der Waals surface area contributed by atoms with E-state index in [2.05, 4.69) is 17.1 Å². The Bertz CT molecular complexity index is 462. The molecule has 0 radical (unpaired) electrons. The van der Waals surface area contributed by atoms with Crippen molar-refractivity contribution >= 4 is 5.91 Å². The van der Waals surface area contributed by atoms with E-state index in [9.17, 15) is 9.90 Å². The summed E-state index contributed by atoms with van der Waals surface area (Å²) in [4.78, 5) is 14.4. The highest BCUT2D eigenvalue weighted by molar-refractivity contribution is 5.95. The quantitative estimate of drug-likeness (QED) is 0.786. The Morgan fingerprint density at radius 3 is 3.00 bits per heavy atom. The topological polar surface area (TPSA) is 52.6 Å². The number of aliphatic hydroxyl groups is 1. The lowest BCUT2D eigenvalue weighted by atomic mass is 10.0. The second-order valence-electron chi connectivity index (χ2n) is 5.72. The van der Waals surface area contributed by atoms with Crippen LogP contribution in [0, 0.1) is 0 Å². The third-order valence-electron chi connectivity index (χ3n) is 4.06. The van der Waals surface area contributed by atoms with E-state index in [1.165, 1.54) is 0 Å². The number of carbonyl (C=O) groups is 1. The minimum absolute atomic E-state index is 0.0196. The van der Waals surface area contributed by atoms with Crippen LogP contribution in [0.25, 0.3) is 0 Å². The van der Waals surface area contributed by atoms with Crippen LogP contribution < -0.4 is 5.32 Å². The maximum absolute atomic E-state index is 12.2. The van der Waals surface area contributed by atoms with Crippen molar-refractivity contribution in [2.24, 2.45) is 0 Å². The van der Waals surface area contributed by atoms with Crippen LogP contribution in [-0.2, 0) is 6.42 Å². The number of β-amino-alcohol motifs (C(OH)–C–C–N with tert-alkyl or cyclic N) is 1. The molecule has 116 valence electrons. The molecule has 0 aliphatic carbocycles. The molecule has 2 N–H and O–H groups in total. The van der Waals surface area contributed by atoms with Crippen molar-refractivity contribution in [2.75, 3.05) is 26.2 Å². The average molecular weight is 290 g/mol. The lowest BCUT2D eigenvalue weighted by Gasteiger charge is -2.29. The van der Waals surface area contributed by atoms with E-state index in [0.29, 0.717) is 6.54 Å². The molecule has 2 rings (SSSR count). The summed E-state index contributed by atoms with van der Waals surface area (Å²) in [6.45, 7) is 5.51. The second-order valence-corrected chi connectivity index (χ2v) is 5.72. The number of aliphatic hydroxyl groups excluding tert-OH is 1. The Labute approximate surface area is 127 Å². The van der Waals surface area contributed by atoms with Gasteiger partial charge in [0, 0.05) is 18.7 Å². The Kier molecular flexibility index (Phi) is 6.21. The molecule has 4 nitrogen and oxygen atoms in total. The molecule has 1 aliphatic heterocycles. The number of aryl methyl sites for hydroxylation is 1. The fourth-order valence-corrected chi connectivity index (χ4v) is 2.88. The van der Waals surface area contributed by atoms with Gasteiger partial charge in [0.1, 0.15) is 0 Å². The van der Waals surface area contributed by atoms with E-state index >= 15 is 0 Å². The molecule has 21 heavy (non-hydrogen) atoms. The van der Waals surface area contributed by atoms with Crippen molar-refractivity contribution < 1.29 is 9.90 Å². The SMILES string of the molecule is CCc1ccccc1C(=O)NCCCN1CCC[C@H](O)C1. The lowest BCUT2D eigenvalue weighted by Crippen LogP contribution is -2.39. The highest BCUT2D eigenvalue weighted by Gasteiger charge is 2.17. The first-order valence-electron chi connectivity index (χ1n) is 7.97. The molecular formula is C17H26N2O2. The van der Waals surface area contributed by atoms with Crippen molar-refractivity contribution in [1.29, 1.82) is 0 Å². The van der Waals surface area contributed by atoms with E-state index < -0.39 is 0 Å². The molecule has 1 saturated heterocycles. The van der Waals surface area contributed by atoms with E-state index in [4.69, 9.17) is 0 Å². The smallest absolute Gasteiger partial charge is 0.251 e. The minimum Gasteiger partial charge on any atom is -0.392 e. The predicted molar refractivity (Wildman–Crippen MR) is 84.5 cm³/mol. The Morgan fingerprint density at radius 1 is 1.43 bits per heavy atom. The van der Waals surface area contributed by atoms with Gasteiger partial charge < -0.3 is 15.3 Å². The molecule has 4 heteroatoms. The molecule has 1 aliphatic rings. The summed E-state index contributed by atoms with van der Waals surface area (Å²) < 4.78 is 0. The fraction of sp³-hybridized carbons (Fsp3) is 0.588. The van der Waals surface area contributed by atoms with Crippen LogP contribution in [0.15, 0.2) is 24.3 Å². The normalized spacial score (nSPS) is 19.4. The van der Waals surface area contributed by atoms with Gasteiger partial charge in [0.2, 0.25) is 0 Å². The Hall–Kier alpha value is -1.39.